The number of carbonyl (C=O) groups excluding carboxylic acids is 2. The van der Waals surface area contributed by atoms with Crippen molar-refractivity contribution >= 4 is 11.8 Å². The average molecular weight is 330 g/mol. The Morgan fingerprint density at radius 2 is 1.75 bits per heavy atom. The van der Waals surface area contributed by atoms with Gasteiger partial charge >= 0.3 is 0 Å². The van der Waals surface area contributed by atoms with E-state index in [2.05, 4.69) is 12.2 Å². The van der Waals surface area contributed by atoms with E-state index in [0.29, 0.717) is 0 Å². The largest absolute Gasteiger partial charge is 0.353 e. The molecule has 1 aliphatic heterocycles. The van der Waals surface area contributed by atoms with E-state index in [1.165, 1.54) is 0 Å². The van der Waals surface area contributed by atoms with Crippen molar-refractivity contribution in [2.75, 3.05) is 13.1 Å². The summed E-state index contributed by atoms with van der Waals surface area (Å²) in [6.07, 6.45) is 3.37. The monoisotopic (exact) mass is 330 g/mol. The average Bonchev–Trinajstić information content (AvgIpc) is 2.63. The van der Waals surface area contributed by atoms with E-state index in [9.17, 15) is 9.59 Å². The molecule has 0 radical (unpaired) electrons. The summed E-state index contributed by atoms with van der Waals surface area (Å²) in [4.78, 5) is 26.8. The summed E-state index contributed by atoms with van der Waals surface area (Å²) < 4.78 is 0. The number of likely N-dealkylation sites (tertiary alicyclic amines) is 1. The lowest BCUT2D eigenvalue weighted by molar-refractivity contribution is -0.134. The Hall–Kier alpha value is -1.84. The van der Waals surface area contributed by atoms with Crippen molar-refractivity contribution in [3.63, 3.8) is 0 Å². The lowest BCUT2D eigenvalue weighted by atomic mass is 9.93. The van der Waals surface area contributed by atoms with Crippen LogP contribution >= 0.6 is 0 Å². The number of amides is 2. The summed E-state index contributed by atoms with van der Waals surface area (Å²) >= 11 is 0. The van der Waals surface area contributed by atoms with Gasteiger partial charge in [-0.05, 0) is 31.2 Å². The first kappa shape index (κ1) is 18.5. The molecule has 4 nitrogen and oxygen atoms in total. The molecule has 132 valence electrons. The number of hydrogen-bond acceptors (Lipinski definition) is 2. The molecule has 2 amide bonds. The maximum atomic E-state index is 12.9. The van der Waals surface area contributed by atoms with Crippen molar-refractivity contribution in [1.82, 2.24) is 10.2 Å². The quantitative estimate of drug-likeness (QED) is 0.870. The van der Waals surface area contributed by atoms with E-state index in [1.54, 1.807) is 0 Å². The molecule has 0 unspecified atom stereocenters. The molecular formula is C20H30N2O2. The van der Waals surface area contributed by atoms with Crippen molar-refractivity contribution < 1.29 is 9.59 Å². The lowest BCUT2D eigenvalue weighted by Gasteiger charge is -2.35. The number of nitrogens with one attached hydrogen (secondary N) is 1. The molecule has 1 aromatic carbocycles. The molecule has 2 rings (SSSR count). The Morgan fingerprint density at radius 3 is 2.29 bits per heavy atom. The zero-order valence-electron chi connectivity index (χ0n) is 15.1. The minimum atomic E-state index is -0.0579. The Balaban J connectivity index is 1.89. The molecule has 0 aliphatic carbocycles. The molecule has 0 saturated carbocycles. The summed E-state index contributed by atoms with van der Waals surface area (Å²) in [7, 11) is 0. The molecule has 1 heterocycles. The highest BCUT2D eigenvalue weighted by atomic mass is 16.2. The third-order valence-corrected chi connectivity index (χ3v) is 5.12. The highest BCUT2D eigenvalue weighted by molar-refractivity contribution is 5.84. The Kier molecular flexibility index (Phi) is 6.83. The second-order valence-corrected chi connectivity index (χ2v) is 6.79. The van der Waals surface area contributed by atoms with Crippen LogP contribution in [0.15, 0.2) is 30.3 Å². The van der Waals surface area contributed by atoms with Crippen LogP contribution in [0.2, 0.25) is 0 Å². The third kappa shape index (κ3) is 4.59. The fourth-order valence-corrected chi connectivity index (χ4v) is 3.23. The summed E-state index contributed by atoms with van der Waals surface area (Å²) in [6.45, 7) is 7.51. The van der Waals surface area contributed by atoms with Gasteiger partial charge in [-0.1, -0.05) is 51.1 Å². The summed E-state index contributed by atoms with van der Waals surface area (Å²) in [5.41, 5.74) is 1.09. The van der Waals surface area contributed by atoms with Gasteiger partial charge in [0.25, 0.3) is 0 Å². The normalized spacial score (nSPS) is 18.0. The van der Waals surface area contributed by atoms with Crippen LogP contribution in [-0.4, -0.2) is 35.8 Å². The number of carbonyl (C=O) groups is 2. The Bertz CT molecular complexity index is 536. The summed E-state index contributed by atoms with van der Waals surface area (Å²) in [6, 6.07) is 10.2. The third-order valence-electron chi connectivity index (χ3n) is 5.12. The molecular weight excluding hydrogens is 300 g/mol. The topological polar surface area (TPSA) is 49.4 Å². The van der Waals surface area contributed by atoms with Crippen molar-refractivity contribution in [2.45, 2.75) is 58.4 Å². The molecule has 0 spiro atoms. The van der Waals surface area contributed by atoms with E-state index in [0.717, 1.165) is 44.3 Å². The van der Waals surface area contributed by atoms with Crippen LogP contribution in [0.5, 0.6) is 0 Å². The van der Waals surface area contributed by atoms with Gasteiger partial charge in [0.15, 0.2) is 0 Å². The fraction of sp³-hybridized carbons (Fsp3) is 0.600. The highest BCUT2D eigenvalue weighted by Crippen LogP contribution is 2.24. The minimum absolute atomic E-state index is 0.0579. The van der Waals surface area contributed by atoms with Crippen LogP contribution < -0.4 is 5.32 Å². The molecule has 1 fully saturated rings. The Morgan fingerprint density at radius 1 is 1.12 bits per heavy atom. The van der Waals surface area contributed by atoms with Gasteiger partial charge in [0.2, 0.25) is 11.8 Å². The number of rotatable bonds is 6. The molecule has 1 N–H and O–H groups in total. The van der Waals surface area contributed by atoms with Gasteiger partial charge in [-0.3, -0.25) is 9.59 Å². The zero-order valence-corrected chi connectivity index (χ0v) is 15.1. The van der Waals surface area contributed by atoms with Crippen LogP contribution in [0.25, 0.3) is 0 Å². The smallest absolute Gasteiger partial charge is 0.230 e. The van der Waals surface area contributed by atoms with Gasteiger partial charge < -0.3 is 10.2 Å². The molecule has 1 saturated heterocycles. The SMILES string of the molecule is CC[C@H](C(=O)N1CCC(NC(=O)[C@@H](C)CC)CC1)c1ccccc1. The fourth-order valence-electron chi connectivity index (χ4n) is 3.23. The Labute approximate surface area is 145 Å². The van der Waals surface area contributed by atoms with Gasteiger partial charge in [-0.25, -0.2) is 0 Å². The van der Waals surface area contributed by atoms with Crippen LogP contribution in [-0.2, 0) is 9.59 Å². The molecule has 24 heavy (non-hydrogen) atoms. The molecule has 0 bridgehead atoms. The molecule has 2 atom stereocenters. The van der Waals surface area contributed by atoms with Crippen molar-refractivity contribution in [2.24, 2.45) is 5.92 Å². The van der Waals surface area contributed by atoms with Gasteiger partial charge in [0.1, 0.15) is 0 Å². The number of benzene rings is 1. The first-order valence-corrected chi connectivity index (χ1v) is 9.20. The summed E-state index contributed by atoms with van der Waals surface area (Å²) in [5.74, 6) is 0.359. The first-order chi connectivity index (χ1) is 11.6. The maximum Gasteiger partial charge on any atom is 0.230 e. The summed E-state index contributed by atoms with van der Waals surface area (Å²) in [5, 5.41) is 3.13. The first-order valence-electron chi connectivity index (χ1n) is 9.20. The van der Waals surface area contributed by atoms with E-state index < -0.39 is 0 Å². The van der Waals surface area contributed by atoms with Gasteiger partial charge in [-0.2, -0.15) is 0 Å². The number of piperidine rings is 1. The van der Waals surface area contributed by atoms with E-state index in [1.807, 2.05) is 49.1 Å². The molecule has 4 heteroatoms. The van der Waals surface area contributed by atoms with Crippen LogP contribution in [0.3, 0.4) is 0 Å². The molecule has 0 aromatic heterocycles. The maximum absolute atomic E-state index is 12.9. The van der Waals surface area contributed by atoms with E-state index >= 15 is 0 Å². The van der Waals surface area contributed by atoms with Crippen molar-refractivity contribution in [3.8, 4) is 0 Å². The second-order valence-electron chi connectivity index (χ2n) is 6.79. The van der Waals surface area contributed by atoms with Gasteiger partial charge in [-0.15, -0.1) is 0 Å². The molecule has 1 aromatic rings. The van der Waals surface area contributed by atoms with Crippen LogP contribution in [0, 0.1) is 5.92 Å². The zero-order chi connectivity index (χ0) is 17.5. The van der Waals surface area contributed by atoms with Crippen LogP contribution in [0.4, 0.5) is 0 Å². The number of nitrogens with zero attached hydrogens (tertiary/aromatic N) is 1. The van der Waals surface area contributed by atoms with Gasteiger partial charge in [0.05, 0.1) is 5.92 Å². The van der Waals surface area contributed by atoms with Crippen molar-refractivity contribution in [3.05, 3.63) is 35.9 Å². The second kappa shape index (κ2) is 8.86. The van der Waals surface area contributed by atoms with Gasteiger partial charge in [0, 0.05) is 25.0 Å². The molecule has 1 aliphatic rings. The lowest BCUT2D eigenvalue weighted by Crippen LogP contribution is -2.48. The van der Waals surface area contributed by atoms with E-state index in [4.69, 9.17) is 0 Å². The van der Waals surface area contributed by atoms with Crippen LogP contribution in [0.1, 0.15) is 57.9 Å². The minimum Gasteiger partial charge on any atom is -0.353 e. The predicted molar refractivity (Wildman–Crippen MR) is 96.7 cm³/mol. The van der Waals surface area contributed by atoms with E-state index in [-0.39, 0.29) is 29.7 Å². The highest BCUT2D eigenvalue weighted by Gasteiger charge is 2.29. The standard InChI is InChI=1S/C20H30N2O2/c1-4-15(3)19(23)21-17-11-13-22(14-12-17)20(24)18(5-2)16-9-7-6-8-10-16/h6-10,15,17-18H,4-5,11-14H2,1-3H3,(H,21,23)/t15-,18-/m0/s1. The predicted octanol–water partition coefficient (Wildman–Crippen LogP) is 3.33. The number of hydrogen-bond donors (Lipinski definition) is 1. The van der Waals surface area contributed by atoms with Crippen molar-refractivity contribution in [1.29, 1.82) is 0 Å².